The molecule has 0 unspecified atom stereocenters. The Kier molecular flexibility index (Phi) is 5.03. The first-order valence-corrected chi connectivity index (χ1v) is 8.89. The zero-order valence-electron chi connectivity index (χ0n) is 13.5. The topological polar surface area (TPSA) is 59.0 Å². The number of carbonyl (C=O) groups excluding carboxylic acids is 1. The number of aromatic nitrogens is 2. The van der Waals surface area contributed by atoms with Gasteiger partial charge in [0, 0.05) is 42.8 Å². The third-order valence-corrected chi connectivity index (χ3v) is 4.99. The predicted molar refractivity (Wildman–Crippen MR) is 93.8 cm³/mol. The molecule has 1 aromatic heterocycles. The van der Waals surface area contributed by atoms with Crippen LogP contribution in [-0.2, 0) is 11.8 Å². The highest BCUT2D eigenvalue weighted by molar-refractivity contribution is 7.99. The number of anilines is 1. The molecule has 0 aliphatic carbocycles. The molecule has 0 radical (unpaired) electrons. The van der Waals surface area contributed by atoms with Crippen molar-refractivity contribution in [1.29, 1.82) is 0 Å². The molecule has 3 rings (SSSR count). The van der Waals surface area contributed by atoms with Crippen molar-refractivity contribution >= 4 is 23.4 Å². The van der Waals surface area contributed by atoms with Gasteiger partial charge in [-0.1, -0.05) is 13.0 Å². The summed E-state index contributed by atoms with van der Waals surface area (Å²) < 4.78 is 1.79. The molecule has 1 aliphatic rings. The van der Waals surface area contributed by atoms with Crippen LogP contribution in [0.2, 0.25) is 0 Å². The molecule has 0 saturated carbocycles. The summed E-state index contributed by atoms with van der Waals surface area (Å²) in [5.41, 5.74) is 1.98. The van der Waals surface area contributed by atoms with E-state index in [0.717, 1.165) is 23.5 Å². The molecule has 0 spiro atoms. The molecule has 5 nitrogen and oxygen atoms in total. The lowest BCUT2D eigenvalue weighted by Gasteiger charge is -2.17. The molecule has 1 saturated heterocycles. The second-order valence-corrected chi connectivity index (χ2v) is 7.11. The van der Waals surface area contributed by atoms with E-state index in [1.165, 1.54) is 4.90 Å². The lowest BCUT2D eigenvalue weighted by Crippen LogP contribution is -2.28. The van der Waals surface area contributed by atoms with E-state index >= 15 is 0 Å². The fourth-order valence-electron chi connectivity index (χ4n) is 3.00. The summed E-state index contributed by atoms with van der Waals surface area (Å²) in [6.07, 6.45) is 3.85. The van der Waals surface area contributed by atoms with Gasteiger partial charge in [0.1, 0.15) is 0 Å². The minimum Gasteiger partial charge on any atom is -0.326 e. The molecule has 2 atom stereocenters. The average Bonchev–Trinajstić information content (AvgIpc) is 3.16. The highest BCUT2D eigenvalue weighted by Crippen LogP contribution is 2.29. The molecule has 2 N–H and O–H groups in total. The number of rotatable bonds is 5. The fraction of sp³-hybridized carbons (Fsp3) is 0.412. The van der Waals surface area contributed by atoms with Crippen LogP contribution in [0.4, 0.5) is 5.69 Å². The summed E-state index contributed by atoms with van der Waals surface area (Å²) in [4.78, 5) is 13.9. The van der Waals surface area contributed by atoms with Gasteiger partial charge in [0.05, 0.1) is 12.1 Å². The van der Waals surface area contributed by atoms with E-state index in [9.17, 15) is 4.79 Å². The van der Waals surface area contributed by atoms with E-state index in [2.05, 4.69) is 28.7 Å². The minimum absolute atomic E-state index is 0.0679. The molecule has 1 amide bonds. The zero-order valence-corrected chi connectivity index (χ0v) is 14.3. The second kappa shape index (κ2) is 7.19. The lowest BCUT2D eigenvalue weighted by atomic mass is 9.90. The Balaban J connectivity index is 1.71. The van der Waals surface area contributed by atoms with Crippen LogP contribution >= 0.6 is 11.8 Å². The van der Waals surface area contributed by atoms with Crippen LogP contribution in [0.15, 0.2) is 41.6 Å². The number of hydrogen-bond acceptors (Lipinski definition) is 4. The standard InChI is InChI=1S/C17H22N4OS/c1-3-23-14-6-4-5-13(7-14)20-17(22)16-10-18-9-15(16)12-8-19-21(2)11-12/h4-8,11,15-16,18H,3,9-10H2,1-2H3,(H,20,22)/t15-,16+/m1/s1. The fourth-order valence-corrected chi connectivity index (χ4v) is 3.72. The molecule has 6 heteroatoms. The number of thioether (sulfide) groups is 1. The summed E-state index contributed by atoms with van der Waals surface area (Å²) in [5, 5.41) is 10.6. The van der Waals surface area contributed by atoms with Crippen LogP contribution in [0.3, 0.4) is 0 Å². The quantitative estimate of drug-likeness (QED) is 0.827. The molecular weight excluding hydrogens is 308 g/mol. The Morgan fingerprint density at radius 1 is 1.48 bits per heavy atom. The van der Waals surface area contributed by atoms with E-state index in [1.54, 1.807) is 16.4 Å². The predicted octanol–water partition coefficient (Wildman–Crippen LogP) is 2.47. The summed E-state index contributed by atoms with van der Waals surface area (Å²) in [7, 11) is 1.90. The van der Waals surface area contributed by atoms with Crippen molar-refractivity contribution in [2.45, 2.75) is 17.7 Å². The number of amides is 1. The van der Waals surface area contributed by atoms with Gasteiger partial charge in [-0.3, -0.25) is 9.48 Å². The van der Waals surface area contributed by atoms with Gasteiger partial charge in [0.25, 0.3) is 0 Å². The lowest BCUT2D eigenvalue weighted by molar-refractivity contribution is -0.119. The van der Waals surface area contributed by atoms with Crippen molar-refractivity contribution in [2.24, 2.45) is 13.0 Å². The van der Waals surface area contributed by atoms with Crippen LogP contribution in [0.1, 0.15) is 18.4 Å². The van der Waals surface area contributed by atoms with Crippen molar-refractivity contribution in [1.82, 2.24) is 15.1 Å². The van der Waals surface area contributed by atoms with E-state index in [1.807, 2.05) is 37.6 Å². The highest BCUT2D eigenvalue weighted by atomic mass is 32.2. The van der Waals surface area contributed by atoms with Gasteiger partial charge in [0.15, 0.2) is 0 Å². The van der Waals surface area contributed by atoms with Crippen molar-refractivity contribution in [3.05, 3.63) is 42.2 Å². The van der Waals surface area contributed by atoms with E-state index in [0.29, 0.717) is 6.54 Å². The Morgan fingerprint density at radius 2 is 2.35 bits per heavy atom. The van der Waals surface area contributed by atoms with Gasteiger partial charge in [0.2, 0.25) is 5.91 Å². The molecule has 2 aromatic rings. The molecule has 1 aliphatic heterocycles. The summed E-state index contributed by atoms with van der Waals surface area (Å²) in [6.45, 7) is 3.64. The highest BCUT2D eigenvalue weighted by Gasteiger charge is 2.34. The van der Waals surface area contributed by atoms with Crippen LogP contribution in [0, 0.1) is 5.92 Å². The first kappa shape index (κ1) is 16.1. The van der Waals surface area contributed by atoms with Crippen LogP contribution in [0.5, 0.6) is 0 Å². The molecule has 1 aromatic carbocycles. The molecular formula is C17H22N4OS. The Labute approximate surface area is 140 Å². The van der Waals surface area contributed by atoms with Gasteiger partial charge in [-0.25, -0.2) is 0 Å². The third-order valence-electron chi connectivity index (χ3n) is 4.12. The first-order chi connectivity index (χ1) is 11.2. The van der Waals surface area contributed by atoms with Crippen molar-refractivity contribution in [2.75, 3.05) is 24.2 Å². The Hall–Kier alpha value is -1.79. The summed E-state index contributed by atoms with van der Waals surface area (Å²) in [5.74, 6) is 1.20. The molecule has 1 fully saturated rings. The number of carbonyl (C=O) groups is 1. The Morgan fingerprint density at radius 3 is 3.09 bits per heavy atom. The van der Waals surface area contributed by atoms with E-state index in [4.69, 9.17) is 0 Å². The van der Waals surface area contributed by atoms with Gasteiger partial charge >= 0.3 is 0 Å². The van der Waals surface area contributed by atoms with Gasteiger partial charge in [-0.05, 0) is 29.5 Å². The third kappa shape index (κ3) is 3.76. The van der Waals surface area contributed by atoms with E-state index in [-0.39, 0.29) is 17.7 Å². The number of aryl methyl sites for hydroxylation is 1. The smallest absolute Gasteiger partial charge is 0.229 e. The second-order valence-electron chi connectivity index (χ2n) is 5.77. The number of nitrogens with one attached hydrogen (secondary N) is 2. The normalized spacial score (nSPS) is 20.6. The average molecular weight is 330 g/mol. The maximum atomic E-state index is 12.7. The SMILES string of the molecule is CCSc1cccc(NC(=O)[C@H]2CNC[C@@H]2c2cnn(C)c2)c1. The van der Waals surface area contributed by atoms with Crippen LogP contribution < -0.4 is 10.6 Å². The van der Waals surface area contributed by atoms with Crippen molar-refractivity contribution < 1.29 is 4.79 Å². The maximum Gasteiger partial charge on any atom is 0.229 e. The maximum absolute atomic E-state index is 12.7. The first-order valence-electron chi connectivity index (χ1n) is 7.90. The number of benzene rings is 1. The van der Waals surface area contributed by atoms with Crippen molar-refractivity contribution in [3.63, 3.8) is 0 Å². The molecule has 0 bridgehead atoms. The summed E-state index contributed by atoms with van der Waals surface area (Å²) >= 11 is 1.77. The molecule has 2 heterocycles. The van der Waals surface area contributed by atoms with Crippen LogP contribution in [-0.4, -0.2) is 34.5 Å². The molecule has 122 valence electrons. The van der Waals surface area contributed by atoms with E-state index < -0.39 is 0 Å². The summed E-state index contributed by atoms with van der Waals surface area (Å²) in [6, 6.07) is 8.03. The number of nitrogens with zero attached hydrogens (tertiary/aromatic N) is 2. The minimum atomic E-state index is -0.0679. The largest absolute Gasteiger partial charge is 0.326 e. The monoisotopic (exact) mass is 330 g/mol. The van der Waals surface area contributed by atoms with Crippen LogP contribution in [0.25, 0.3) is 0 Å². The number of hydrogen-bond donors (Lipinski definition) is 2. The zero-order chi connectivity index (χ0) is 16.2. The van der Waals surface area contributed by atoms with Crippen molar-refractivity contribution in [3.8, 4) is 0 Å². The Bertz CT molecular complexity index is 685. The molecule has 23 heavy (non-hydrogen) atoms. The van der Waals surface area contributed by atoms with Gasteiger partial charge in [-0.2, -0.15) is 5.10 Å². The van der Waals surface area contributed by atoms with Gasteiger partial charge in [-0.15, -0.1) is 11.8 Å². The van der Waals surface area contributed by atoms with Gasteiger partial charge < -0.3 is 10.6 Å².